The molecule has 0 amide bonds. The van der Waals surface area contributed by atoms with Crippen molar-refractivity contribution in [3.63, 3.8) is 0 Å². The molecule has 3 aromatic carbocycles. The van der Waals surface area contributed by atoms with E-state index in [0.717, 1.165) is 42.2 Å². The zero-order chi connectivity index (χ0) is 23.9. The third-order valence-corrected chi connectivity index (χ3v) is 6.81. The van der Waals surface area contributed by atoms with Crippen LogP contribution in [0.25, 0.3) is 32.9 Å². The molecule has 0 N–H and O–H groups in total. The van der Waals surface area contributed by atoms with E-state index in [1.807, 2.05) is 30.3 Å². The molecule has 178 valence electrons. The van der Waals surface area contributed by atoms with Crippen molar-refractivity contribution in [1.82, 2.24) is 0 Å². The van der Waals surface area contributed by atoms with Crippen LogP contribution < -0.4 is 5.63 Å². The van der Waals surface area contributed by atoms with Gasteiger partial charge in [0.25, 0.3) is 0 Å². The van der Waals surface area contributed by atoms with Gasteiger partial charge in [-0.15, -0.1) is 0 Å². The summed E-state index contributed by atoms with van der Waals surface area (Å²) in [5, 5.41) is 1.87. The number of hydrogen-bond donors (Lipinski definition) is 0. The van der Waals surface area contributed by atoms with Crippen LogP contribution in [-0.4, -0.2) is 0 Å². The van der Waals surface area contributed by atoms with E-state index in [1.165, 1.54) is 37.7 Å². The summed E-state index contributed by atoms with van der Waals surface area (Å²) in [5.74, 6) is -0.401. The summed E-state index contributed by atoms with van der Waals surface area (Å²) in [7, 11) is 0. The minimum Gasteiger partial charge on any atom is -0.419 e. The minimum atomic E-state index is -0.488. The summed E-state index contributed by atoms with van der Waals surface area (Å²) in [5.41, 5.74) is 3.57. The average Bonchev–Trinajstić information content (AvgIpc) is 2.86. The number of rotatable bonds is 11. The molecule has 0 saturated heterocycles. The van der Waals surface area contributed by atoms with E-state index >= 15 is 4.39 Å². The summed E-state index contributed by atoms with van der Waals surface area (Å²) < 4.78 is 20.6. The van der Waals surface area contributed by atoms with Crippen LogP contribution in [0.15, 0.2) is 63.8 Å². The first-order valence-corrected chi connectivity index (χ1v) is 12.9. The van der Waals surface area contributed by atoms with Crippen molar-refractivity contribution in [1.29, 1.82) is 0 Å². The number of halogens is 1. The van der Waals surface area contributed by atoms with Crippen molar-refractivity contribution in [2.45, 2.75) is 78.1 Å². The molecule has 4 rings (SSSR count). The van der Waals surface area contributed by atoms with Gasteiger partial charge in [-0.2, -0.15) is 0 Å². The molecule has 1 aromatic heterocycles. The number of unbranched alkanes of at least 4 members (excludes halogenated alkanes) is 6. The minimum absolute atomic E-state index is 0.0718. The van der Waals surface area contributed by atoms with E-state index in [4.69, 9.17) is 4.42 Å². The molecule has 0 aliphatic carbocycles. The second kappa shape index (κ2) is 11.5. The molecule has 0 aliphatic rings. The number of fused-ring (bicyclic) bond motifs is 3. The molecule has 0 saturated carbocycles. The molecule has 0 fully saturated rings. The summed E-state index contributed by atoms with van der Waals surface area (Å²) in [4.78, 5) is 12.8. The molecule has 0 radical (unpaired) electrons. The van der Waals surface area contributed by atoms with E-state index in [0.29, 0.717) is 22.8 Å². The molecule has 0 aliphatic heterocycles. The van der Waals surface area contributed by atoms with Crippen LogP contribution in [0.4, 0.5) is 4.39 Å². The Labute approximate surface area is 201 Å². The van der Waals surface area contributed by atoms with Gasteiger partial charge in [0, 0.05) is 10.8 Å². The fourth-order valence-electron chi connectivity index (χ4n) is 4.74. The molecular formula is C31H35FO2. The third kappa shape index (κ3) is 5.41. The zero-order valence-electron chi connectivity index (χ0n) is 20.5. The Balaban J connectivity index is 1.59. The molecular weight excluding hydrogens is 423 g/mol. The smallest absolute Gasteiger partial charge is 0.344 e. The van der Waals surface area contributed by atoms with Gasteiger partial charge in [-0.25, -0.2) is 9.18 Å². The maximum absolute atomic E-state index is 15.1. The highest BCUT2D eigenvalue weighted by molar-refractivity contribution is 6.05. The summed E-state index contributed by atoms with van der Waals surface area (Å²) in [6, 6.07) is 18.1. The van der Waals surface area contributed by atoms with E-state index in [9.17, 15) is 4.79 Å². The normalized spacial score (nSPS) is 11.5. The first-order valence-electron chi connectivity index (χ1n) is 12.9. The highest BCUT2D eigenvalue weighted by Gasteiger charge is 2.15. The Bertz CT molecular complexity index is 1300. The lowest BCUT2D eigenvalue weighted by atomic mass is 9.97. The lowest BCUT2D eigenvalue weighted by molar-refractivity contribution is 0.522. The Morgan fingerprint density at radius 2 is 1.32 bits per heavy atom. The third-order valence-electron chi connectivity index (χ3n) is 6.81. The van der Waals surface area contributed by atoms with Gasteiger partial charge < -0.3 is 4.42 Å². The van der Waals surface area contributed by atoms with Gasteiger partial charge >= 0.3 is 5.63 Å². The number of aryl methyl sites for hydroxylation is 2. The maximum Gasteiger partial charge on any atom is 0.344 e. The van der Waals surface area contributed by atoms with Crippen LogP contribution in [0.2, 0.25) is 0 Å². The lowest BCUT2D eigenvalue weighted by Crippen LogP contribution is -2.02. The predicted octanol–water partition coefficient (Wildman–Crippen LogP) is 9.00. The number of benzene rings is 3. The van der Waals surface area contributed by atoms with Crippen molar-refractivity contribution in [3.05, 3.63) is 82.0 Å². The molecule has 34 heavy (non-hydrogen) atoms. The van der Waals surface area contributed by atoms with Gasteiger partial charge in [0.2, 0.25) is 0 Å². The van der Waals surface area contributed by atoms with E-state index in [2.05, 4.69) is 38.1 Å². The summed E-state index contributed by atoms with van der Waals surface area (Å²) in [6.45, 7) is 4.36. The van der Waals surface area contributed by atoms with Crippen LogP contribution in [0.1, 0.15) is 76.3 Å². The average molecular weight is 459 g/mol. The van der Waals surface area contributed by atoms with Gasteiger partial charge in [-0.3, -0.25) is 0 Å². The highest BCUT2D eigenvalue weighted by atomic mass is 19.1. The van der Waals surface area contributed by atoms with Gasteiger partial charge in [-0.1, -0.05) is 101 Å². The highest BCUT2D eigenvalue weighted by Crippen LogP contribution is 2.30. The van der Waals surface area contributed by atoms with E-state index in [-0.39, 0.29) is 5.58 Å². The van der Waals surface area contributed by atoms with Crippen molar-refractivity contribution in [3.8, 4) is 11.1 Å². The second-order valence-electron chi connectivity index (χ2n) is 9.38. The SMILES string of the molecule is CCCCCCCc1ccc(-c2ccc3c(c2)c(=O)oc2c(F)c(CCCCC)ccc23)cc1. The lowest BCUT2D eigenvalue weighted by Gasteiger charge is -2.09. The molecule has 2 nitrogen and oxygen atoms in total. The fourth-order valence-corrected chi connectivity index (χ4v) is 4.74. The van der Waals surface area contributed by atoms with Crippen molar-refractivity contribution < 1.29 is 8.81 Å². The molecule has 0 atom stereocenters. The standard InChI is InChI=1S/C31H35FO2/c1-3-5-7-8-10-11-22-13-15-23(16-14-22)25-18-19-26-27-20-17-24(12-9-6-4-2)29(32)30(27)34-31(33)28(26)21-25/h13-21H,3-12H2,1-2H3. The quantitative estimate of drug-likeness (QED) is 0.127. The largest absolute Gasteiger partial charge is 0.419 e. The van der Waals surface area contributed by atoms with Crippen LogP contribution in [0.5, 0.6) is 0 Å². The van der Waals surface area contributed by atoms with Gasteiger partial charge in [0.15, 0.2) is 11.4 Å². The summed E-state index contributed by atoms with van der Waals surface area (Å²) >= 11 is 0. The molecule has 3 heteroatoms. The first-order chi connectivity index (χ1) is 16.6. The number of hydrogen-bond acceptors (Lipinski definition) is 2. The topological polar surface area (TPSA) is 30.2 Å². The van der Waals surface area contributed by atoms with Crippen molar-refractivity contribution in [2.75, 3.05) is 0 Å². The van der Waals surface area contributed by atoms with E-state index < -0.39 is 11.4 Å². The molecule has 4 aromatic rings. The van der Waals surface area contributed by atoms with Crippen LogP contribution in [0, 0.1) is 5.82 Å². The van der Waals surface area contributed by atoms with Crippen LogP contribution in [0.3, 0.4) is 0 Å². The second-order valence-corrected chi connectivity index (χ2v) is 9.38. The Hall–Kier alpha value is -2.94. The molecule has 0 spiro atoms. The monoisotopic (exact) mass is 458 g/mol. The van der Waals surface area contributed by atoms with Crippen LogP contribution in [-0.2, 0) is 12.8 Å². The van der Waals surface area contributed by atoms with Gasteiger partial charge in [0.1, 0.15) is 0 Å². The Kier molecular flexibility index (Phi) is 8.16. The van der Waals surface area contributed by atoms with Gasteiger partial charge in [0.05, 0.1) is 5.39 Å². The van der Waals surface area contributed by atoms with E-state index in [1.54, 1.807) is 0 Å². The fraction of sp³-hybridized carbons (Fsp3) is 0.387. The summed E-state index contributed by atoms with van der Waals surface area (Å²) in [6.07, 6.45) is 11.2. The Morgan fingerprint density at radius 3 is 2.09 bits per heavy atom. The Morgan fingerprint density at radius 1 is 0.676 bits per heavy atom. The molecule has 0 unspecified atom stereocenters. The first kappa shape index (κ1) is 24.2. The van der Waals surface area contributed by atoms with Crippen LogP contribution >= 0.6 is 0 Å². The maximum atomic E-state index is 15.1. The zero-order valence-corrected chi connectivity index (χ0v) is 20.5. The van der Waals surface area contributed by atoms with Gasteiger partial charge in [-0.05, 0) is 54.0 Å². The molecule has 1 heterocycles. The van der Waals surface area contributed by atoms with Crippen molar-refractivity contribution >= 4 is 21.7 Å². The predicted molar refractivity (Wildman–Crippen MR) is 141 cm³/mol. The van der Waals surface area contributed by atoms with Crippen molar-refractivity contribution in [2.24, 2.45) is 0 Å². The molecule has 0 bridgehead atoms.